The van der Waals surface area contributed by atoms with Gasteiger partial charge in [0.2, 0.25) is 0 Å². The van der Waals surface area contributed by atoms with Gasteiger partial charge in [0.1, 0.15) is 0 Å². The molecule has 0 saturated carbocycles. The summed E-state index contributed by atoms with van der Waals surface area (Å²) in [6.45, 7) is 4.43. The number of allylic oxidation sites excluding steroid dienone is 1. The number of anilines is 2. The summed E-state index contributed by atoms with van der Waals surface area (Å²) in [6.07, 6.45) is 2.33. The van der Waals surface area contributed by atoms with E-state index in [4.69, 9.17) is 0 Å². The van der Waals surface area contributed by atoms with Crippen LogP contribution in [0.1, 0.15) is 19.4 Å². The first-order valence-electron chi connectivity index (χ1n) is 6.39. The van der Waals surface area contributed by atoms with Crippen molar-refractivity contribution in [2.75, 3.05) is 4.90 Å². The molecule has 1 heterocycles. The Morgan fingerprint density at radius 2 is 1.56 bits per heavy atom. The first kappa shape index (κ1) is 11.1. The van der Waals surface area contributed by atoms with Crippen molar-refractivity contribution in [3.05, 3.63) is 66.2 Å². The highest BCUT2D eigenvalue weighted by molar-refractivity contribution is 5.83. The Morgan fingerprint density at radius 3 is 2.33 bits per heavy atom. The van der Waals surface area contributed by atoms with Gasteiger partial charge in [-0.1, -0.05) is 42.5 Å². The van der Waals surface area contributed by atoms with Crippen LogP contribution in [0.5, 0.6) is 0 Å². The van der Waals surface area contributed by atoms with E-state index in [1.165, 1.54) is 22.5 Å². The van der Waals surface area contributed by atoms with Crippen LogP contribution in [0.4, 0.5) is 11.4 Å². The van der Waals surface area contributed by atoms with Crippen molar-refractivity contribution in [3.63, 3.8) is 0 Å². The Kier molecular flexibility index (Phi) is 2.67. The van der Waals surface area contributed by atoms with E-state index in [0.29, 0.717) is 6.04 Å². The fraction of sp³-hybridized carbons (Fsp3) is 0.176. The SMILES string of the molecule is CC1=CC(C)N(c2ccccc2)c2ccccc21. The van der Waals surface area contributed by atoms with Crippen LogP contribution in [-0.2, 0) is 0 Å². The van der Waals surface area contributed by atoms with Crippen molar-refractivity contribution in [2.24, 2.45) is 0 Å². The van der Waals surface area contributed by atoms with E-state index in [1.54, 1.807) is 0 Å². The summed E-state index contributed by atoms with van der Waals surface area (Å²) in [5.41, 5.74) is 5.25. The molecule has 2 aromatic carbocycles. The van der Waals surface area contributed by atoms with Crippen LogP contribution >= 0.6 is 0 Å². The van der Waals surface area contributed by atoms with Crippen LogP contribution < -0.4 is 4.90 Å². The molecular formula is C17H17N. The number of nitrogens with zero attached hydrogens (tertiary/aromatic N) is 1. The lowest BCUT2D eigenvalue weighted by atomic mass is 9.96. The zero-order chi connectivity index (χ0) is 12.5. The van der Waals surface area contributed by atoms with Crippen molar-refractivity contribution >= 4 is 16.9 Å². The second-order valence-electron chi connectivity index (χ2n) is 4.81. The largest absolute Gasteiger partial charge is 0.334 e. The Balaban J connectivity index is 2.17. The number of hydrogen-bond donors (Lipinski definition) is 0. The summed E-state index contributed by atoms with van der Waals surface area (Å²) in [7, 11) is 0. The van der Waals surface area contributed by atoms with Crippen LogP contribution in [0.2, 0.25) is 0 Å². The number of hydrogen-bond acceptors (Lipinski definition) is 1. The normalized spacial score (nSPS) is 18.2. The average Bonchev–Trinajstić information content (AvgIpc) is 2.40. The molecule has 0 bridgehead atoms. The first-order valence-corrected chi connectivity index (χ1v) is 6.39. The van der Waals surface area contributed by atoms with Gasteiger partial charge >= 0.3 is 0 Å². The molecule has 0 aliphatic carbocycles. The second-order valence-corrected chi connectivity index (χ2v) is 4.81. The van der Waals surface area contributed by atoms with Gasteiger partial charge in [-0.05, 0) is 37.6 Å². The molecule has 0 amide bonds. The van der Waals surface area contributed by atoms with Crippen molar-refractivity contribution in [2.45, 2.75) is 19.9 Å². The fourth-order valence-corrected chi connectivity index (χ4v) is 2.73. The second kappa shape index (κ2) is 4.34. The summed E-state index contributed by atoms with van der Waals surface area (Å²) in [5.74, 6) is 0. The topological polar surface area (TPSA) is 3.24 Å². The van der Waals surface area contributed by atoms with Crippen molar-refractivity contribution in [3.8, 4) is 0 Å². The van der Waals surface area contributed by atoms with Crippen molar-refractivity contribution in [1.29, 1.82) is 0 Å². The highest BCUT2D eigenvalue weighted by atomic mass is 15.2. The highest BCUT2D eigenvalue weighted by Crippen LogP contribution is 2.38. The van der Waals surface area contributed by atoms with Crippen LogP contribution in [0, 0.1) is 0 Å². The minimum absolute atomic E-state index is 0.391. The molecule has 0 saturated heterocycles. The third-order valence-electron chi connectivity index (χ3n) is 3.52. The molecule has 1 aliphatic heterocycles. The Morgan fingerprint density at radius 1 is 0.889 bits per heavy atom. The van der Waals surface area contributed by atoms with Crippen molar-refractivity contribution in [1.82, 2.24) is 0 Å². The highest BCUT2D eigenvalue weighted by Gasteiger charge is 2.22. The minimum atomic E-state index is 0.391. The number of benzene rings is 2. The molecule has 3 rings (SSSR count). The van der Waals surface area contributed by atoms with Gasteiger partial charge in [0.25, 0.3) is 0 Å². The average molecular weight is 235 g/mol. The van der Waals surface area contributed by atoms with E-state index < -0.39 is 0 Å². The maximum absolute atomic E-state index is 2.39. The Bertz CT molecular complexity index is 584. The lowest BCUT2D eigenvalue weighted by Crippen LogP contribution is -2.30. The van der Waals surface area contributed by atoms with E-state index in [0.717, 1.165) is 0 Å². The molecule has 1 nitrogen and oxygen atoms in total. The molecule has 0 N–H and O–H groups in total. The fourth-order valence-electron chi connectivity index (χ4n) is 2.73. The summed E-state index contributed by atoms with van der Waals surface area (Å²) in [5, 5.41) is 0. The third kappa shape index (κ3) is 1.72. The molecule has 90 valence electrons. The molecule has 18 heavy (non-hydrogen) atoms. The molecule has 1 atom stereocenters. The Labute approximate surface area is 108 Å². The molecule has 2 aromatic rings. The molecule has 1 aliphatic rings. The summed E-state index contributed by atoms with van der Waals surface area (Å²) in [6, 6.07) is 19.6. The molecule has 1 unspecified atom stereocenters. The lowest BCUT2D eigenvalue weighted by Gasteiger charge is -2.35. The van der Waals surface area contributed by atoms with Crippen LogP contribution in [-0.4, -0.2) is 6.04 Å². The number of para-hydroxylation sites is 2. The van der Waals surface area contributed by atoms with Crippen LogP contribution in [0.25, 0.3) is 5.57 Å². The van der Waals surface area contributed by atoms with Gasteiger partial charge in [0.15, 0.2) is 0 Å². The summed E-state index contributed by atoms with van der Waals surface area (Å²) in [4.78, 5) is 2.39. The molecule has 0 spiro atoms. The van der Waals surface area contributed by atoms with Crippen molar-refractivity contribution < 1.29 is 0 Å². The van der Waals surface area contributed by atoms with Crippen LogP contribution in [0.3, 0.4) is 0 Å². The molecule has 1 heteroatoms. The van der Waals surface area contributed by atoms with E-state index in [-0.39, 0.29) is 0 Å². The van der Waals surface area contributed by atoms with E-state index >= 15 is 0 Å². The third-order valence-corrected chi connectivity index (χ3v) is 3.52. The predicted molar refractivity (Wildman–Crippen MR) is 78.1 cm³/mol. The van der Waals surface area contributed by atoms with Gasteiger partial charge in [-0.3, -0.25) is 0 Å². The van der Waals surface area contributed by atoms with Gasteiger partial charge in [-0.2, -0.15) is 0 Å². The van der Waals surface area contributed by atoms with Gasteiger partial charge in [0, 0.05) is 23.0 Å². The zero-order valence-corrected chi connectivity index (χ0v) is 10.8. The molecular weight excluding hydrogens is 218 g/mol. The smallest absolute Gasteiger partial charge is 0.0500 e. The van der Waals surface area contributed by atoms with E-state index in [2.05, 4.69) is 79.4 Å². The Hall–Kier alpha value is -2.02. The maximum Gasteiger partial charge on any atom is 0.0500 e. The number of fused-ring (bicyclic) bond motifs is 1. The van der Waals surface area contributed by atoms with Gasteiger partial charge in [0.05, 0.1) is 0 Å². The zero-order valence-electron chi connectivity index (χ0n) is 10.8. The van der Waals surface area contributed by atoms with E-state index in [9.17, 15) is 0 Å². The van der Waals surface area contributed by atoms with Gasteiger partial charge < -0.3 is 4.90 Å². The molecule has 0 aromatic heterocycles. The van der Waals surface area contributed by atoms with Crippen LogP contribution in [0.15, 0.2) is 60.7 Å². The monoisotopic (exact) mass is 235 g/mol. The van der Waals surface area contributed by atoms with E-state index in [1.807, 2.05) is 0 Å². The standard InChI is InChI=1S/C17H17N/c1-13-12-14(2)18(15-8-4-3-5-9-15)17-11-7-6-10-16(13)17/h3-12,14H,1-2H3. The maximum atomic E-state index is 2.39. The van der Waals surface area contributed by atoms with Gasteiger partial charge in [-0.25, -0.2) is 0 Å². The lowest BCUT2D eigenvalue weighted by molar-refractivity contribution is 0.853. The first-order chi connectivity index (χ1) is 8.77. The minimum Gasteiger partial charge on any atom is -0.334 e. The predicted octanol–water partition coefficient (Wildman–Crippen LogP) is 4.63. The quantitative estimate of drug-likeness (QED) is 0.696. The summed E-state index contributed by atoms with van der Waals surface area (Å²) >= 11 is 0. The molecule has 0 radical (unpaired) electrons. The summed E-state index contributed by atoms with van der Waals surface area (Å²) < 4.78 is 0. The number of rotatable bonds is 1. The van der Waals surface area contributed by atoms with Gasteiger partial charge in [-0.15, -0.1) is 0 Å². The molecule has 0 fully saturated rings.